The molecule has 184 valence electrons. The summed E-state index contributed by atoms with van der Waals surface area (Å²) in [6.07, 6.45) is -1.26. The highest BCUT2D eigenvalue weighted by molar-refractivity contribution is 5.83. The van der Waals surface area contributed by atoms with Gasteiger partial charge in [-0.05, 0) is 43.6 Å². The largest absolute Gasteiger partial charge is 0.416 e. The normalized spacial score (nSPS) is 30.5. The van der Waals surface area contributed by atoms with Gasteiger partial charge < -0.3 is 19.5 Å². The number of hydrogen-bond acceptors (Lipinski definition) is 4. The predicted octanol–water partition coefficient (Wildman–Crippen LogP) is 3.42. The van der Waals surface area contributed by atoms with E-state index in [1.54, 1.807) is 4.90 Å². The van der Waals surface area contributed by atoms with E-state index in [9.17, 15) is 22.8 Å². The summed E-state index contributed by atoms with van der Waals surface area (Å²) in [6.45, 7) is 8.36. The number of aromatic nitrogens is 1. The number of carbonyl (C=O) groups is 1. The number of halogens is 3. The van der Waals surface area contributed by atoms with Crippen molar-refractivity contribution < 1.29 is 22.7 Å². The molecule has 4 rings (SSSR count). The monoisotopic (exact) mass is 469 g/mol. The summed E-state index contributed by atoms with van der Waals surface area (Å²) >= 11 is 0. The fourth-order valence-electron chi connectivity index (χ4n) is 5.80. The molecule has 1 saturated carbocycles. The Kier molecular flexibility index (Phi) is 6.66. The summed E-state index contributed by atoms with van der Waals surface area (Å²) in [6, 6.07) is 2.25. The molecule has 3 heterocycles. The van der Waals surface area contributed by atoms with Gasteiger partial charge in [0.2, 0.25) is 5.91 Å². The molecule has 9 heteroatoms. The standard InChI is InChI=1S/C24H34F3N3O3/c1-15(2)23(6-4-18(12-23)28-20-5-9-33-14-16(20)3)22(32)29-7-8-30-19(13-29)10-17(11-21(30)31)24(25,26)27/h10-11,15-16,18,20,28H,4-9,12-14H2,1-3H3/t16-,18?,20-,23-/m0/s1. The molecule has 0 bridgehead atoms. The lowest BCUT2D eigenvalue weighted by Crippen LogP contribution is -2.51. The second kappa shape index (κ2) is 9.06. The predicted molar refractivity (Wildman–Crippen MR) is 118 cm³/mol. The highest BCUT2D eigenvalue weighted by atomic mass is 19.4. The lowest BCUT2D eigenvalue weighted by atomic mass is 9.74. The van der Waals surface area contributed by atoms with Gasteiger partial charge in [-0.15, -0.1) is 0 Å². The van der Waals surface area contributed by atoms with Crippen LogP contribution in [0.25, 0.3) is 0 Å². The average Bonchev–Trinajstić information content (AvgIpc) is 3.19. The lowest BCUT2D eigenvalue weighted by molar-refractivity contribution is -0.146. The Morgan fingerprint density at radius 3 is 2.67 bits per heavy atom. The summed E-state index contributed by atoms with van der Waals surface area (Å²) in [5, 5.41) is 3.76. The molecule has 1 N–H and O–H groups in total. The van der Waals surface area contributed by atoms with E-state index in [0.717, 1.165) is 45.0 Å². The fraction of sp³-hybridized carbons (Fsp3) is 0.750. The van der Waals surface area contributed by atoms with Crippen LogP contribution in [0.1, 0.15) is 57.7 Å². The quantitative estimate of drug-likeness (QED) is 0.734. The van der Waals surface area contributed by atoms with Crippen LogP contribution in [-0.2, 0) is 28.8 Å². The molecule has 1 aliphatic carbocycles. The van der Waals surface area contributed by atoms with Crippen LogP contribution in [0.5, 0.6) is 0 Å². The highest BCUT2D eigenvalue weighted by Crippen LogP contribution is 2.46. The Bertz CT molecular complexity index is 945. The third-order valence-electron chi connectivity index (χ3n) is 7.95. The van der Waals surface area contributed by atoms with Gasteiger partial charge in [-0.2, -0.15) is 13.2 Å². The van der Waals surface area contributed by atoms with Crippen molar-refractivity contribution in [3.8, 4) is 0 Å². The molecule has 4 atom stereocenters. The summed E-state index contributed by atoms with van der Waals surface area (Å²) in [5.74, 6) is 0.524. The van der Waals surface area contributed by atoms with Gasteiger partial charge in [0.05, 0.1) is 24.1 Å². The van der Waals surface area contributed by atoms with Gasteiger partial charge in [-0.3, -0.25) is 9.59 Å². The minimum Gasteiger partial charge on any atom is -0.381 e. The van der Waals surface area contributed by atoms with Crippen LogP contribution in [-0.4, -0.2) is 47.2 Å². The third-order valence-corrected chi connectivity index (χ3v) is 7.95. The van der Waals surface area contributed by atoms with E-state index < -0.39 is 22.7 Å². The number of nitrogens with zero attached hydrogens (tertiary/aromatic N) is 2. The first kappa shape index (κ1) is 24.3. The number of nitrogens with one attached hydrogen (secondary N) is 1. The van der Waals surface area contributed by atoms with Crippen LogP contribution >= 0.6 is 0 Å². The Balaban J connectivity index is 1.51. The second-order valence-electron chi connectivity index (χ2n) is 10.3. The molecule has 6 nitrogen and oxygen atoms in total. The summed E-state index contributed by atoms with van der Waals surface area (Å²) in [5.41, 5.74) is -1.92. The molecular formula is C24H34F3N3O3. The first-order valence-electron chi connectivity index (χ1n) is 12.0. The fourth-order valence-corrected chi connectivity index (χ4v) is 5.80. The van der Waals surface area contributed by atoms with Crippen molar-refractivity contribution in [3.63, 3.8) is 0 Å². The van der Waals surface area contributed by atoms with E-state index in [4.69, 9.17) is 4.74 Å². The molecule has 1 aromatic rings. The molecule has 3 aliphatic rings. The highest BCUT2D eigenvalue weighted by Gasteiger charge is 2.50. The van der Waals surface area contributed by atoms with Crippen molar-refractivity contribution in [1.82, 2.24) is 14.8 Å². The summed E-state index contributed by atoms with van der Waals surface area (Å²) < 4.78 is 46.6. The average molecular weight is 470 g/mol. The molecule has 33 heavy (non-hydrogen) atoms. The number of hydrogen-bond donors (Lipinski definition) is 1. The Labute approximate surface area is 192 Å². The van der Waals surface area contributed by atoms with Crippen molar-refractivity contribution in [2.24, 2.45) is 17.3 Å². The maximum absolute atomic E-state index is 13.8. The van der Waals surface area contributed by atoms with Crippen LogP contribution in [0.15, 0.2) is 16.9 Å². The number of alkyl halides is 3. The van der Waals surface area contributed by atoms with Crippen molar-refractivity contribution in [2.45, 2.75) is 77.8 Å². The van der Waals surface area contributed by atoms with Crippen LogP contribution < -0.4 is 10.9 Å². The van der Waals surface area contributed by atoms with E-state index in [1.165, 1.54) is 4.57 Å². The van der Waals surface area contributed by atoms with Gasteiger partial charge in [-0.1, -0.05) is 20.8 Å². The summed E-state index contributed by atoms with van der Waals surface area (Å²) in [7, 11) is 0. The molecule has 2 aliphatic heterocycles. The Hall–Kier alpha value is -1.87. The van der Waals surface area contributed by atoms with Crippen molar-refractivity contribution in [2.75, 3.05) is 19.8 Å². The molecule has 1 amide bonds. The van der Waals surface area contributed by atoms with Gasteiger partial charge in [0, 0.05) is 43.5 Å². The van der Waals surface area contributed by atoms with Gasteiger partial charge >= 0.3 is 6.18 Å². The van der Waals surface area contributed by atoms with E-state index in [1.807, 2.05) is 0 Å². The van der Waals surface area contributed by atoms with Gasteiger partial charge in [0.25, 0.3) is 5.56 Å². The zero-order valence-electron chi connectivity index (χ0n) is 19.6. The zero-order chi connectivity index (χ0) is 24.0. The number of amides is 1. The van der Waals surface area contributed by atoms with Crippen LogP contribution in [0, 0.1) is 17.3 Å². The number of fused-ring (bicyclic) bond motifs is 1. The smallest absolute Gasteiger partial charge is 0.381 e. The first-order valence-corrected chi connectivity index (χ1v) is 12.0. The SMILES string of the molecule is CC(C)[C@]1(C(=O)N2CCn3c(cc(C(F)(F)F)cc3=O)C2)CCC(N[C@H]2CCOC[C@@H]2C)C1. The topological polar surface area (TPSA) is 63.6 Å². The minimum absolute atomic E-state index is 0.00191. The molecule has 0 spiro atoms. The van der Waals surface area contributed by atoms with Crippen molar-refractivity contribution in [3.05, 3.63) is 33.7 Å². The number of carbonyl (C=O) groups excluding carboxylic acids is 1. The molecule has 1 aromatic heterocycles. The van der Waals surface area contributed by atoms with E-state index in [2.05, 4.69) is 26.1 Å². The van der Waals surface area contributed by atoms with Crippen molar-refractivity contribution in [1.29, 1.82) is 0 Å². The first-order chi connectivity index (χ1) is 15.5. The number of ether oxygens (including phenoxy) is 1. The Morgan fingerprint density at radius 2 is 2.00 bits per heavy atom. The molecule has 0 aromatic carbocycles. The van der Waals surface area contributed by atoms with E-state index in [0.29, 0.717) is 24.6 Å². The van der Waals surface area contributed by atoms with Crippen molar-refractivity contribution >= 4 is 5.91 Å². The van der Waals surface area contributed by atoms with Crippen LogP contribution in [0.4, 0.5) is 13.2 Å². The number of rotatable bonds is 4. The molecule has 1 saturated heterocycles. The molecular weight excluding hydrogens is 435 g/mol. The third kappa shape index (κ3) is 4.71. The maximum atomic E-state index is 13.8. The van der Waals surface area contributed by atoms with Crippen LogP contribution in [0.2, 0.25) is 0 Å². The molecule has 2 fully saturated rings. The zero-order valence-corrected chi connectivity index (χ0v) is 19.6. The lowest BCUT2D eigenvalue weighted by Gasteiger charge is -2.40. The van der Waals surface area contributed by atoms with Crippen LogP contribution in [0.3, 0.4) is 0 Å². The summed E-state index contributed by atoms with van der Waals surface area (Å²) in [4.78, 5) is 27.7. The Morgan fingerprint density at radius 1 is 1.24 bits per heavy atom. The van der Waals surface area contributed by atoms with Gasteiger partial charge in [0.1, 0.15) is 0 Å². The van der Waals surface area contributed by atoms with Gasteiger partial charge in [-0.25, -0.2) is 0 Å². The molecule has 1 unspecified atom stereocenters. The maximum Gasteiger partial charge on any atom is 0.416 e. The molecule has 0 radical (unpaired) electrons. The van der Waals surface area contributed by atoms with Gasteiger partial charge in [0.15, 0.2) is 0 Å². The van der Waals surface area contributed by atoms with E-state index in [-0.39, 0.29) is 36.7 Å². The number of pyridine rings is 1. The van der Waals surface area contributed by atoms with E-state index >= 15 is 0 Å². The second-order valence-corrected chi connectivity index (χ2v) is 10.3. The minimum atomic E-state index is -4.59.